The molecule has 1 heterocycles. The topological polar surface area (TPSA) is 75.7 Å². The van der Waals surface area contributed by atoms with Crippen LogP contribution in [-0.2, 0) is 21.2 Å². The Kier molecular flexibility index (Phi) is 4.33. The predicted octanol–water partition coefficient (Wildman–Crippen LogP) is 0.776. The molecule has 1 aromatic carbocycles. The van der Waals surface area contributed by atoms with Crippen LogP contribution in [0.4, 0.5) is 0 Å². The summed E-state index contributed by atoms with van der Waals surface area (Å²) in [6, 6.07) is 7.65. The number of nitrogens with zero attached hydrogens (tertiary/aromatic N) is 1. The maximum atomic E-state index is 12.5. The number of amides is 1. The van der Waals surface area contributed by atoms with Gasteiger partial charge in [0.15, 0.2) is 0 Å². The van der Waals surface area contributed by atoms with Crippen molar-refractivity contribution < 1.29 is 17.9 Å². The maximum Gasteiger partial charge on any atom is 0.227 e. The Labute approximate surface area is 136 Å². The van der Waals surface area contributed by atoms with Crippen LogP contribution in [0.2, 0.25) is 0 Å². The van der Waals surface area contributed by atoms with Crippen LogP contribution >= 0.6 is 0 Å². The van der Waals surface area contributed by atoms with E-state index in [0.29, 0.717) is 19.4 Å². The summed E-state index contributed by atoms with van der Waals surface area (Å²) in [6.07, 6.45) is 3.13. The fraction of sp³-hybridized carbons (Fsp3) is 0.562. The molecule has 2 bridgehead atoms. The first kappa shape index (κ1) is 16.3. The number of carbonyl (C=O) groups excluding carboxylic acids is 1. The van der Waals surface area contributed by atoms with E-state index in [-0.39, 0.29) is 23.9 Å². The molecule has 0 aromatic heterocycles. The summed E-state index contributed by atoms with van der Waals surface area (Å²) >= 11 is 0. The SMILES string of the molecule is COc1cccc(CC(=O)N2C[C@@H]3C[C@H]2C[C@@H]3NS(C)(=O)=O)c1. The van der Waals surface area contributed by atoms with Crippen LogP contribution in [0.25, 0.3) is 0 Å². The fourth-order valence-electron chi connectivity index (χ4n) is 3.74. The minimum atomic E-state index is -3.19. The van der Waals surface area contributed by atoms with Crippen LogP contribution in [0.3, 0.4) is 0 Å². The number of likely N-dealkylation sites (tertiary alicyclic amines) is 1. The second-order valence-electron chi connectivity index (χ2n) is 6.46. The zero-order valence-electron chi connectivity index (χ0n) is 13.4. The first-order chi connectivity index (χ1) is 10.9. The summed E-state index contributed by atoms with van der Waals surface area (Å²) < 4.78 is 30.6. The van der Waals surface area contributed by atoms with Gasteiger partial charge in [-0.25, -0.2) is 13.1 Å². The molecule has 1 amide bonds. The number of hydrogen-bond acceptors (Lipinski definition) is 4. The molecular formula is C16H22N2O4S. The molecule has 1 N–H and O–H groups in total. The molecule has 1 saturated carbocycles. The Morgan fingerprint density at radius 1 is 1.39 bits per heavy atom. The van der Waals surface area contributed by atoms with Crippen LogP contribution in [-0.4, -0.2) is 51.2 Å². The van der Waals surface area contributed by atoms with Crippen LogP contribution in [0.1, 0.15) is 18.4 Å². The van der Waals surface area contributed by atoms with E-state index < -0.39 is 10.0 Å². The highest BCUT2D eigenvalue weighted by atomic mass is 32.2. The van der Waals surface area contributed by atoms with Crippen LogP contribution in [0.5, 0.6) is 5.75 Å². The lowest BCUT2D eigenvalue weighted by Gasteiger charge is -2.31. The molecule has 126 valence electrons. The molecule has 1 aliphatic carbocycles. The molecule has 2 fully saturated rings. The van der Waals surface area contributed by atoms with Gasteiger partial charge >= 0.3 is 0 Å². The zero-order valence-corrected chi connectivity index (χ0v) is 14.2. The number of fused-ring (bicyclic) bond motifs is 2. The third kappa shape index (κ3) is 3.67. The minimum Gasteiger partial charge on any atom is -0.497 e. The normalized spacial score (nSPS) is 26.5. The van der Waals surface area contributed by atoms with Gasteiger partial charge in [0.05, 0.1) is 19.8 Å². The molecule has 3 atom stereocenters. The van der Waals surface area contributed by atoms with Gasteiger partial charge in [0, 0.05) is 18.6 Å². The van der Waals surface area contributed by atoms with Gasteiger partial charge in [0.1, 0.15) is 5.75 Å². The van der Waals surface area contributed by atoms with Crippen molar-refractivity contribution in [2.75, 3.05) is 19.9 Å². The van der Waals surface area contributed by atoms with Crippen LogP contribution in [0, 0.1) is 5.92 Å². The Bertz CT molecular complexity index is 704. The number of carbonyl (C=O) groups is 1. The Hall–Kier alpha value is -1.60. The molecule has 0 unspecified atom stereocenters. The van der Waals surface area contributed by atoms with E-state index >= 15 is 0 Å². The molecule has 3 rings (SSSR count). The molecule has 0 radical (unpaired) electrons. The monoisotopic (exact) mass is 338 g/mol. The van der Waals surface area contributed by atoms with E-state index in [1.807, 2.05) is 29.2 Å². The van der Waals surface area contributed by atoms with Crippen molar-refractivity contribution in [2.45, 2.75) is 31.3 Å². The van der Waals surface area contributed by atoms with Crippen molar-refractivity contribution in [1.82, 2.24) is 9.62 Å². The summed E-state index contributed by atoms with van der Waals surface area (Å²) in [7, 11) is -1.58. The Balaban J connectivity index is 1.61. The lowest BCUT2D eigenvalue weighted by atomic mass is 10.0. The number of piperidine rings is 1. The summed E-state index contributed by atoms with van der Waals surface area (Å²) in [5.41, 5.74) is 0.933. The van der Waals surface area contributed by atoms with Crippen molar-refractivity contribution in [3.05, 3.63) is 29.8 Å². The van der Waals surface area contributed by atoms with Crippen molar-refractivity contribution in [3.63, 3.8) is 0 Å². The molecule has 1 aliphatic heterocycles. The van der Waals surface area contributed by atoms with E-state index in [1.165, 1.54) is 6.26 Å². The van der Waals surface area contributed by atoms with Gasteiger partial charge in [-0.3, -0.25) is 4.79 Å². The molecule has 6 nitrogen and oxygen atoms in total. The Morgan fingerprint density at radius 2 is 2.17 bits per heavy atom. The second kappa shape index (κ2) is 6.13. The van der Waals surface area contributed by atoms with Crippen LogP contribution in [0.15, 0.2) is 24.3 Å². The van der Waals surface area contributed by atoms with Gasteiger partial charge in [0.2, 0.25) is 15.9 Å². The van der Waals surface area contributed by atoms with E-state index in [9.17, 15) is 13.2 Å². The third-order valence-corrected chi connectivity index (χ3v) is 5.45. The van der Waals surface area contributed by atoms with Crippen molar-refractivity contribution >= 4 is 15.9 Å². The number of nitrogens with one attached hydrogen (secondary N) is 1. The van der Waals surface area contributed by atoms with Crippen molar-refractivity contribution in [1.29, 1.82) is 0 Å². The lowest BCUT2D eigenvalue weighted by molar-refractivity contribution is -0.132. The highest BCUT2D eigenvalue weighted by molar-refractivity contribution is 7.88. The summed E-state index contributed by atoms with van der Waals surface area (Å²) in [4.78, 5) is 14.4. The zero-order chi connectivity index (χ0) is 16.6. The van der Waals surface area contributed by atoms with E-state index in [0.717, 1.165) is 17.7 Å². The average molecular weight is 338 g/mol. The van der Waals surface area contributed by atoms with Gasteiger partial charge in [0.25, 0.3) is 0 Å². The molecule has 0 spiro atoms. The van der Waals surface area contributed by atoms with E-state index in [4.69, 9.17) is 4.74 Å². The molecular weight excluding hydrogens is 316 g/mol. The fourth-order valence-corrected chi connectivity index (χ4v) is 4.58. The summed E-state index contributed by atoms with van der Waals surface area (Å²) in [5, 5.41) is 0. The van der Waals surface area contributed by atoms with Gasteiger partial charge in [-0.1, -0.05) is 12.1 Å². The predicted molar refractivity (Wildman–Crippen MR) is 86.7 cm³/mol. The van der Waals surface area contributed by atoms with E-state index in [2.05, 4.69) is 4.72 Å². The number of methoxy groups -OCH3 is 1. The van der Waals surface area contributed by atoms with Gasteiger partial charge in [-0.2, -0.15) is 0 Å². The first-order valence-corrected chi connectivity index (χ1v) is 9.64. The van der Waals surface area contributed by atoms with Crippen molar-refractivity contribution in [3.8, 4) is 5.75 Å². The van der Waals surface area contributed by atoms with Gasteiger partial charge < -0.3 is 9.64 Å². The second-order valence-corrected chi connectivity index (χ2v) is 8.24. The molecule has 1 aromatic rings. The molecule has 1 saturated heterocycles. The highest BCUT2D eigenvalue weighted by Gasteiger charge is 2.46. The number of hydrogen-bond donors (Lipinski definition) is 1. The van der Waals surface area contributed by atoms with Gasteiger partial charge in [-0.15, -0.1) is 0 Å². The number of rotatable bonds is 5. The van der Waals surface area contributed by atoms with Crippen molar-refractivity contribution in [2.24, 2.45) is 5.92 Å². The highest BCUT2D eigenvalue weighted by Crippen LogP contribution is 2.38. The Morgan fingerprint density at radius 3 is 2.78 bits per heavy atom. The van der Waals surface area contributed by atoms with Crippen LogP contribution < -0.4 is 9.46 Å². The van der Waals surface area contributed by atoms with Gasteiger partial charge in [-0.05, 0) is 36.5 Å². The molecule has 23 heavy (non-hydrogen) atoms. The largest absolute Gasteiger partial charge is 0.497 e. The summed E-state index contributed by atoms with van der Waals surface area (Å²) in [6.45, 7) is 0.640. The number of ether oxygens (including phenoxy) is 1. The quantitative estimate of drug-likeness (QED) is 0.861. The average Bonchev–Trinajstić information content (AvgIpc) is 3.05. The standard InChI is InChI=1S/C16H22N2O4S/c1-22-14-5-3-4-11(6-14)7-16(19)18-10-12-8-13(18)9-15(12)17-23(2,20)21/h3-6,12-13,15,17H,7-10H2,1-2H3/t12-,13-,15-/m0/s1. The summed E-state index contributed by atoms with van der Waals surface area (Å²) in [5.74, 6) is 1.07. The first-order valence-electron chi connectivity index (χ1n) is 7.75. The number of benzene rings is 1. The minimum absolute atomic E-state index is 0.0316. The number of sulfonamides is 1. The lowest BCUT2D eigenvalue weighted by Crippen LogP contribution is -2.47. The van der Waals surface area contributed by atoms with E-state index in [1.54, 1.807) is 7.11 Å². The third-order valence-electron chi connectivity index (χ3n) is 4.72. The molecule has 7 heteroatoms. The smallest absolute Gasteiger partial charge is 0.227 e. The maximum absolute atomic E-state index is 12.5. The molecule has 2 aliphatic rings.